The highest BCUT2D eigenvalue weighted by atomic mass is 32.2. The summed E-state index contributed by atoms with van der Waals surface area (Å²) in [7, 11) is -1.44. The number of nitrogens with zero attached hydrogens (tertiary/aromatic N) is 7. The molecule has 2 bridgehead atoms. The number of aromatic hydroxyl groups is 1. The van der Waals surface area contributed by atoms with Crippen molar-refractivity contribution in [1.29, 1.82) is 0 Å². The van der Waals surface area contributed by atoms with Gasteiger partial charge in [-0.15, -0.1) is 6.42 Å². The number of hydrogen-bond donors (Lipinski definition) is 1. The molecule has 4 aliphatic heterocycles. The van der Waals surface area contributed by atoms with Crippen LogP contribution < -0.4 is 9.64 Å². The second-order valence-electron chi connectivity index (χ2n) is 15.5. The number of fused-ring (bicyclic) bond motifs is 7. The lowest BCUT2D eigenvalue weighted by Gasteiger charge is -2.42. The van der Waals surface area contributed by atoms with Crippen molar-refractivity contribution < 1.29 is 31.4 Å². The average molecular weight is 760 g/mol. The monoisotopic (exact) mass is 759 g/mol. The van der Waals surface area contributed by atoms with Crippen LogP contribution in [0.5, 0.6) is 11.8 Å². The Morgan fingerprint density at radius 1 is 1.09 bits per heavy atom. The molecule has 11 nitrogen and oxygen atoms in total. The first kappa shape index (κ1) is 35.1. The number of alkyl halides is 1. The number of anilines is 1. The Hall–Kier alpha value is -4.65. The molecule has 4 atom stereocenters. The third-order valence-electron chi connectivity index (χ3n) is 11.9. The first-order valence-electron chi connectivity index (χ1n) is 18.3. The molecule has 5 aromatic rings. The molecule has 0 saturated carbocycles. The zero-order valence-corrected chi connectivity index (χ0v) is 30.8. The van der Waals surface area contributed by atoms with E-state index >= 15 is 8.78 Å². The molecule has 4 saturated heterocycles. The van der Waals surface area contributed by atoms with Gasteiger partial charge in [0, 0.05) is 80.5 Å². The highest BCUT2D eigenvalue weighted by Gasteiger charge is 2.50. The van der Waals surface area contributed by atoms with E-state index in [0.717, 1.165) is 32.2 Å². The van der Waals surface area contributed by atoms with Crippen molar-refractivity contribution in [3.63, 3.8) is 0 Å². The minimum Gasteiger partial charge on any atom is -0.508 e. The molecule has 282 valence electrons. The van der Waals surface area contributed by atoms with E-state index in [1.54, 1.807) is 17.9 Å². The molecule has 4 aliphatic rings. The van der Waals surface area contributed by atoms with Crippen molar-refractivity contribution >= 4 is 48.2 Å². The Morgan fingerprint density at radius 3 is 2.61 bits per heavy atom. The Balaban J connectivity index is 1.25. The summed E-state index contributed by atoms with van der Waals surface area (Å²) in [5.74, 6) is 1.34. The van der Waals surface area contributed by atoms with Gasteiger partial charge >= 0.3 is 6.01 Å². The van der Waals surface area contributed by atoms with Gasteiger partial charge in [0.1, 0.15) is 51.0 Å². The normalized spacial score (nSPS) is 24.6. The standard InChI is InChI=1S/C39H40F3N7O4S/c1-4-27-30(41)9-6-22-14-26(50)15-28(31(22)27)32-34(42)36-33(29-20-46(2)45-35(29)32)37(49-24-7-8-25(49)19-47(18-24)12-13-54(3,51)52)44-38(43-36)53-21-39-10-5-11-48(39)17-23(40)16-39/h1,6,9,14-15,20,23-25,50H,5,7-8,10-13,16-19,21H2,2-3H3/t23-,24?,25?,39+/m1/s1. The van der Waals surface area contributed by atoms with Gasteiger partial charge in [0.2, 0.25) is 0 Å². The lowest BCUT2D eigenvalue weighted by Crippen LogP contribution is -2.55. The van der Waals surface area contributed by atoms with Crippen molar-refractivity contribution in [2.75, 3.05) is 56.2 Å². The van der Waals surface area contributed by atoms with E-state index < -0.39 is 33.2 Å². The minimum atomic E-state index is -3.16. The van der Waals surface area contributed by atoms with Crippen molar-refractivity contribution in [2.45, 2.75) is 55.9 Å². The number of rotatable bonds is 8. The summed E-state index contributed by atoms with van der Waals surface area (Å²) in [5.41, 5.74) is -0.234. The molecule has 2 aromatic heterocycles. The number of sulfone groups is 1. The minimum absolute atomic E-state index is 0.0121. The van der Waals surface area contributed by atoms with E-state index in [2.05, 4.69) is 20.6 Å². The lowest BCUT2D eigenvalue weighted by molar-refractivity contribution is 0.107. The fraction of sp³-hybridized carbons (Fsp3) is 0.462. The third kappa shape index (κ3) is 5.72. The highest BCUT2D eigenvalue weighted by Crippen LogP contribution is 2.47. The summed E-state index contributed by atoms with van der Waals surface area (Å²) in [6.45, 7) is 2.85. The van der Waals surface area contributed by atoms with Gasteiger partial charge in [-0.1, -0.05) is 12.0 Å². The Bertz CT molecular complexity index is 2510. The molecule has 0 radical (unpaired) electrons. The zero-order chi connectivity index (χ0) is 37.7. The summed E-state index contributed by atoms with van der Waals surface area (Å²) in [6.07, 6.45) is 11.5. The zero-order valence-electron chi connectivity index (χ0n) is 30.0. The third-order valence-corrected chi connectivity index (χ3v) is 12.8. The number of likely N-dealkylation sites (tertiary alicyclic amines) is 1. The van der Waals surface area contributed by atoms with Gasteiger partial charge in [-0.25, -0.2) is 21.6 Å². The summed E-state index contributed by atoms with van der Waals surface area (Å²) >= 11 is 0. The van der Waals surface area contributed by atoms with Crippen molar-refractivity contribution in [3.8, 4) is 35.2 Å². The van der Waals surface area contributed by atoms with E-state index in [4.69, 9.17) is 26.2 Å². The first-order valence-corrected chi connectivity index (χ1v) is 20.4. The molecule has 0 amide bonds. The molecular formula is C39H40F3N7O4S. The second-order valence-corrected chi connectivity index (χ2v) is 17.8. The van der Waals surface area contributed by atoms with Crippen LogP contribution in [-0.4, -0.2) is 118 Å². The number of aromatic nitrogens is 4. The van der Waals surface area contributed by atoms with Crippen LogP contribution in [0.4, 0.5) is 19.0 Å². The second kappa shape index (κ2) is 12.7. The van der Waals surface area contributed by atoms with Crippen LogP contribution >= 0.6 is 0 Å². The molecule has 15 heteroatoms. The SMILES string of the molecule is C#Cc1c(F)ccc2cc(O)cc(-c3c(F)c4nc(OC[C@@]56CCCN5C[C@H](F)C6)nc(N5C6CCC5CN(CCS(C)(=O)=O)C6)c4c4cn(C)nc34)c12. The van der Waals surface area contributed by atoms with Gasteiger partial charge in [-0.3, -0.25) is 14.5 Å². The van der Waals surface area contributed by atoms with Gasteiger partial charge in [0.05, 0.1) is 22.2 Å². The molecule has 2 unspecified atom stereocenters. The number of hydrogen-bond acceptors (Lipinski definition) is 10. The lowest BCUT2D eigenvalue weighted by atomic mass is 9.91. The van der Waals surface area contributed by atoms with Crippen LogP contribution in [-0.2, 0) is 16.9 Å². The molecule has 0 aliphatic carbocycles. The topological polar surface area (TPSA) is 117 Å². The highest BCUT2D eigenvalue weighted by molar-refractivity contribution is 7.90. The van der Waals surface area contributed by atoms with Crippen molar-refractivity contribution in [1.82, 2.24) is 29.5 Å². The van der Waals surface area contributed by atoms with E-state index in [0.29, 0.717) is 54.6 Å². The van der Waals surface area contributed by atoms with Crippen molar-refractivity contribution in [3.05, 3.63) is 47.7 Å². The molecule has 0 spiro atoms. The summed E-state index contributed by atoms with van der Waals surface area (Å²) in [6, 6.07) is 5.35. The summed E-state index contributed by atoms with van der Waals surface area (Å²) in [4.78, 5) is 16.2. The molecule has 4 fully saturated rings. The Labute approximate surface area is 310 Å². The molecule has 1 N–H and O–H groups in total. The van der Waals surface area contributed by atoms with Gasteiger partial charge in [0.25, 0.3) is 0 Å². The van der Waals surface area contributed by atoms with Gasteiger partial charge in [0.15, 0.2) is 5.82 Å². The molecular weight excluding hydrogens is 720 g/mol. The smallest absolute Gasteiger partial charge is 0.319 e. The number of benzene rings is 3. The van der Waals surface area contributed by atoms with Crippen LogP contribution in [0.2, 0.25) is 0 Å². The van der Waals surface area contributed by atoms with Crippen LogP contribution in [0.25, 0.3) is 43.7 Å². The van der Waals surface area contributed by atoms with Gasteiger partial charge in [-0.05, 0) is 61.4 Å². The number of ether oxygens (including phenoxy) is 1. The summed E-state index contributed by atoms with van der Waals surface area (Å²) in [5, 5.41) is 17.2. The number of halogens is 3. The van der Waals surface area contributed by atoms with Gasteiger partial charge < -0.3 is 14.7 Å². The predicted octanol–water partition coefficient (Wildman–Crippen LogP) is 4.95. The summed E-state index contributed by atoms with van der Waals surface area (Å²) < 4.78 is 79.7. The maximum atomic E-state index is 17.7. The number of piperazine rings is 1. The van der Waals surface area contributed by atoms with E-state index in [1.165, 1.54) is 30.5 Å². The molecule has 54 heavy (non-hydrogen) atoms. The van der Waals surface area contributed by atoms with E-state index in [9.17, 15) is 17.9 Å². The van der Waals surface area contributed by atoms with Crippen molar-refractivity contribution in [2.24, 2.45) is 7.05 Å². The number of phenols is 1. The van der Waals surface area contributed by atoms with Crippen LogP contribution in [0.15, 0.2) is 30.5 Å². The predicted molar refractivity (Wildman–Crippen MR) is 200 cm³/mol. The number of phenolic OH excluding ortho intramolecular Hbond substituents is 1. The average Bonchev–Trinajstić information content (AvgIpc) is 3.85. The van der Waals surface area contributed by atoms with Gasteiger partial charge in [-0.2, -0.15) is 15.1 Å². The van der Waals surface area contributed by atoms with Crippen LogP contribution in [0, 0.1) is 24.0 Å². The fourth-order valence-corrected chi connectivity index (χ4v) is 10.2. The maximum absolute atomic E-state index is 17.7. The molecule has 6 heterocycles. The molecule has 9 rings (SSSR count). The fourth-order valence-electron chi connectivity index (χ4n) is 9.64. The first-order chi connectivity index (χ1) is 25.8. The quantitative estimate of drug-likeness (QED) is 0.218. The maximum Gasteiger partial charge on any atom is 0.319 e. The Kier molecular flexibility index (Phi) is 8.26. The van der Waals surface area contributed by atoms with E-state index in [-0.39, 0.29) is 69.3 Å². The molecule has 3 aromatic carbocycles. The number of aryl methyl sites for hydroxylation is 1. The van der Waals surface area contributed by atoms with Crippen LogP contribution in [0.3, 0.4) is 0 Å². The van der Waals surface area contributed by atoms with Crippen LogP contribution in [0.1, 0.15) is 37.7 Å². The number of terminal acetylenes is 1. The largest absolute Gasteiger partial charge is 0.508 e. The van der Waals surface area contributed by atoms with E-state index in [1.807, 2.05) is 0 Å². The Morgan fingerprint density at radius 2 is 1.87 bits per heavy atom.